The Morgan fingerprint density at radius 1 is 0.308 bits per heavy atom. The molecule has 1 saturated carbocycles. The van der Waals surface area contributed by atoms with Gasteiger partial charge >= 0.3 is 6.18 Å². The van der Waals surface area contributed by atoms with Gasteiger partial charge in [0, 0.05) is 76.7 Å². The van der Waals surface area contributed by atoms with E-state index in [1.165, 1.54) is 156 Å². The molecule has 15 aliphatic rings. The molecule has 14 saturated heterocycles. The molecule has 1 aliphatic carbocycles. The summed E-state index contributed by atoms with van der Waals surface area (Å²) in [5.74, 6) is 2.01. The van der Waals surface area contributed by atoms with E-state index in [1.54, 1.807) is 13.8 Å². The summed E-state index contributed by atoms with van der Waals surface area (Å²) in [6.07, 6.45) is 9.97. The number of alkyl halides is 10. The van der Waals surface area contributed by atoms with Gasteiger partial charge < -0.3 is 79.2 Å². The molecule has 0 spiro atoms. The predicted molar refractivity (Wildman–Crippen MR) is 613 cm³/mol. The minimum atomic E-state index is -4.06. The fourth-order valence-electron chi connectivity index (χ4n) is 23.3. The third-order valence-electron chi connectivity index (χ3n) is 37.4. The Balaban J connectivity index is 0.00000155. The standard InChI is InChI=1S/C10H20FN.3C10H21N.C9H17F2N.C9H17N.C9H19N.C8H14F3N.C8H17NO.C8H17N.C7H13F2N.2C7H14FN.C7H15N.2CH4/c1-7-5-12-6-8(11)9(7)10(2,3)4;3*1-9(2,3)10(4)5-7-11-8-6-10;1-8(2,3)7-4-5-12-6-9(7,10)11;1-9(2,3)8-6-4-10-5-7(6)8;1-9(2,3)8-4-6-10-7-5-8;1-6(2)7(8(9,10)11)3-4-12-5-7;1-8(2,3)7-6-9-4-5-10-7;1-7(2)8(3)4-5-9-6-8;1-5(2)6-3-10-4-7(6,8)9;1-5(2)6-3-9-4-7(6)8;1-6(2)7(8)3-4-9-5-7;1-6(2)7-3-4-8-5-7;;/h7-9,12H,5-6H2,1-4H3;3*11H,5-8H2,1-4H3;7,12H,4-6H2,1-3H3;6-8,10H,4-5H2,1-3H3;8,10H,4-7H2,1-3H3;6,12H,3-5H2,1-2H3;7,9H,4-6H2,1-3H3;7,9H,4-6H2,1-3H3;5-6,10H,3-4H2,1-2H3;5-7,9H,3-4H2,1-2H3;6,9H,3-5H2,1-2H3;6-8H,3-5H2,1-2H3;2*1H4. The second-order valence-electron chi connectivity index (χ2n) is 58.0. The second-order valence-corrected chi connectivity index (χ2v) is 58.0. The molecule has 14 N–H and O–H groups in total. The zero-order chi connectivity index (χ0) is 111. The minimum absolute atomic E-state index is 0. The molecule has 146 heavy (non-hydrogen) atoms. The van der Waals surface area contributed by atoms with E-state index in [2.05, 4.69) is 296 Å². The van der Waals surface area contributed by atoms with Gasteiger partial charge in [0.25, 0.3) is 11.8 Å². The van der Waals surface area contributed by atoms with Crippen LogP contribution < -0.4 is 74.4 Å². The molecule has 14 unspecified atom stereocenters. The number of fused-ring (bicyclic) bond motifs is 1. The number of ether oxygens (including phenoxy) is 1. The number of halogens is 10. The molecule has 15 nitrogen and oxygen atoms in total. The van der Waals surface area contributed by atoms with Crippen molar-refractivity contribution in [1.29, 1.82) is 0 Å². The van der Waals surface area contributed by atoms with Gasteiger partial charge in [-0.1, -0.05) is 299 Å². The SMILES string of the molecule is C.C.CC(C)(C)C1(C)CCNCC1.CC(C)(C)C1(C)CCNCC1.CC(C)(C)C1(C)CCNCC1.CC(C)(C)C1C2CNCC21.CC(C)(C)C1CCNCC1.CC(C)(C)C1CCNCC1(F)F.CC(C)(C)C1CNCCO1.CC(C)C1(C(F)(F)F)CCNC1.CC(C)C1(C)CCNC1.CC(C)C1(F)CCNC1.CC(C)C1CCNC1.CC(C)C1CNCC1(F)F.CC(C)C1CNCC1F.CC1CNCC(F)C1C(C)(C)C. The van der Waals surface area contributed by atoms with Crippen LogP contribution in [0.1, 0.15) is 382 Å². The van der Waals surface area contributed by atoms with Crippen molar-refractivity contribution in [2.24, 2.45) is 165 Å². The number of hydrogen-bond acceptors (Lipinski definition) is 15. The molecular formula is C121H248F10N14O. The van der Waals surface area contributed by atoms with Crippen molar-refractivity contribution in [3.63, 3.8) is 0 Å². The number of hydrogen-bond donors (Lipinski definition) is 14. The molecule has 878 valence electrons. The summed E-state index contributed by atoms with van der Waals surface area (Å²) in [6.45, 7) is 116. The summed E-state index contributed by atoms with van der Waals surface area (Å²) in [7, 11) is 0. The Labute approximate surface area is 897 Å². The molecule has 25 heteroatoms. The largest absolute Gasteiger partial charge is 0.396 e. The van der Waals surface area contributed by atoms with Crippen LogP contribution in [0.2, 0.25) is 0 Å². The summed E-state index contributed by atoms with van der Waals surface area (Å²) >= 11 is 0. The van der Waals surface area contributed by atoms with Gasteiger partial charge in [-0.25, -0.2) is 30.7 Å². The highest BCUT2D eigenvalue weighted by Gasteiger charge is 2.59. The van der Waals surface area contributed by atoms with E-state index < -0.39 is 53.3 Å². The average molecular weight is 2110 g/mol. The lowest BCUT2D eigenvalue weighted by Crippen LogP contribution is -2.50. The van der Waals surface area contributed by atoms with Crippen LogP contribution in [0.3, 0.4) is 0 Å². The normalized spacial score (nSPS) is 31.0. The van der Waals surface area contributed by atoms with Crippen LogP contribution in [0.15, 0.2) is 0 Å². The van der Waals surface area contributed by atoms with Crippen molar-refractivity contribution in [2.45, 2.75) is 424 Å². The summed E-state index contributed by atoms with van der Waals surface area (Å²) in [5, 5.41) is 44.5. The summed E-state index contributed by atoms with van der Waals surface area (Å²) < 4.78 is 135. The minimum Gasteiger partial charge on any atom is -0.375 e. The quantitative estimate of drug-likeness (QED) is 0.113. The third kappa shape index (κ3) is 49.0. The van der Waals surface area contributed by atoms with Gasteiger partial charge in [0.05, 0.1) is 31.2 Å². The molecule has 0 aromatic heterocycles. The highest BCUT2D eigenvalue weighted by atomic mass is 19.4. The predicted octanol–water partition coefficient (Wildman–Crippen LogP) is 26.7. The number of rotatable bonds is 6. The van der Waals surface area contributed by atoms with Crippen molar-refractivity contribution in [3.8, 4) is 0 Å². The highest BCUT2D eigenvalue weighted by molar-refractivity contribution is 5.08. The Hall–Kier alpha value is -1.30. The first-order valence-electron chi connectivity index (χ1n) is 58.0. The van der Waals surface area contributed by atoms with E-state index in [0.717, 1.165) is 87.3 Å². The first-order chi connectivity index (χ1) is 65.7. The van der Waals surface area contributed by atoms with E-state index in [4.69, 9.17) is 4.74 Å². The molecular weight excluding hydrogens is 1860 g/mol. The van der Waals surface area contributed by atoms with Gasteiger partial charge in [-0.2, -0.15) is 13.2 Å². The van der Waals surface area contributed by atoms with Gasteiger partial charge in [0.1, 0.15) is 18.0 Å². The first-order valence-corrected chi connectivity index (χ1v) is 58.0. The highest BCUT2D eigenvalue weighted by Crippen LogP contribution is 2.58. The van der Waals surface area contributed by atoms with Gasteiger partial charge in [-0.15, -0.1) is 0 Å². The lowest BCUT2D eigenvalue weighted by atomic mass is 9.63. The molecule has 14 aliphatic heterocycles. The smallest absolute Gasteiger partial charge is 0.375 e. The summed E-state index contributed by atoms with van der Waals surface area (Å²) in [5.41, 5.74) is 2.44. The summed E-state index contributed by atoms with van der Waals surface area (Å²) in [6, 6.07) is 0. The maximum Gasteiger partial charge on any atom is 0.396 e. The van der Waals surface area contributed by atoms with Crippen molar-refractivity contribution < 1.29 is 48.6 Å². The maximum atomic E-state index is 13.5. The van der Waals surface area contributed by atoms with Crippen LogP contribution in [0.5, 0.6) is 0 Å². The molecule has 0 radical (unpaired) electrons. The van der Waals surface area contributed by atoms with E-state index in [1.807, 2.05) is 48.5 Å². The van der Waals surface area contributed by atoms with E-state index in [9.17, 15) is 43.9 Å². The zero-order valence-corrected chi connectivity index (χ0v) is 101. The fourth-order valence-corrected chi connectivity index (χ4v) is 23.3. The van der Waals surface area contributed by atoms with Crippen LogP contribution >= 0.6 is 0 Å². The topological polar surface area (TPSA) is 178 Å². The Morgan fingerprint density at radius 2 is 0.705 bits per heavy atom. The molecule has 15 fully saturated rings. The van der Waals surface area contributed by atoms with Crippen LogP contribution in [-0.4, -0.2) is 232 Å². The van der Waals surface area contributed by atoms with E-state index >= 15 is 0 Å². The monoisotopic (exact) mass is 2100 g/mol. The molecule has 15 rings (SSSR count). The second kappa shape index (κ2) is 63.5. The number of nitrogens with one attached hydrogen (secondary N) is 14. The molecule has 0 aromatic carbocycles. The molecule has 14 heterocycles. The first kappa shape index (κ1) is 145. The van der Waals surface area contributed by atoms with Gasteiger partial charge in [0.2, 0.25) is 0 Å². The van der Waals surface area contributed by atoms with Crippen molar-refractivity contribution in [3.05, 3.63) is 0 Å². The van der Waals surface area contributed by atoms with Crippen LogP contribution in [0.4, 0.5) is 43.9 Å². The number of piperidine rings is 7. The third-order valence-corrected chi connectivity index (χ3v) is 37.4. The lowest BCUT2D eigenvalue weighted by molar-refractivity contribution is -0.231. The molecule has 0 amide bonds. The fraction of sp³-hybridized carbons (Fsp3) is 1.00. The number of morpholine rings is 1. The lowest BCUT2D eigenvalue weighted by Gasteiger charge is -2.45. The average Bonchev–Trinajstić information content (AvgIpc) is 1.57. The van der Waals surface area contributed by atoms with Gasteiger partial charge in [0.15, 0.2) is 0 Å². The van der Waals surface area contributed by atoms with Crippen molar-refractivity contribution >= 4 is 0 Å². The van der Waals surface area contributed by atoms with Gasteiger partial charge in [-0.05, 0) is 337 Å². The Morgan fingerprint density at radius 3 is 0.925 bits per heavy atom. The Kier molecular flexibility index (Phi) is 62.9. The molecule has 0 aromatic rings. The molecule has 0 bridgehead atoms. The van der Waals surface area contributed by atoms with Crippen LogP contribution in [-0.2, 0) is 4.74 Å². The summed E-state index contributed by atoms with van der Waals surface area (Å²) in [4.78, 5) is 0. The Bertz CT molecular complexity index is 3120. The zero-order valence-electron chi connectivity index (χ0n) is 101. The van der Waals surface area contributed by atoms with Gasteiger partial charge in [-0.3, -0.25) is 0 Å². The maximum absolute atomic E-state index is 13.5. The van der Waals surface area contributed by atoms with Crippen LogP contribution in [0.25, 0.3) is 0 Å². The van der Waals surface area contributed by atoms with Crippen molar-refractivity contribution in [2.75, 3.05) is 190 Å². The van der Waals surface area contributed by atoms with Crippen LogP contribution in [0, 0.1) is 165 Å². The molecule has 14 atom stereocenters. The van der Waals surface area contributed by atoms with E-state index in [-0.39, 0.29) is 86.7 Å². The van der Waals surface area contributed by atoms with E-state index in [0.29, 0.717) is 112 Å². The van der Waals surface area contributed by atoms with Crippen molar-refractivity contribution in [1.82, 2.24) is 74.4 Å².